The SMILES string of the molecule is NS(=O)(=O)c1csc(Br)c1. The number of thiophene rings is 1. The van der Waals surface area contributed by atoms with Gasteiger partial charge in [0.2, 0.25) is 10.0 Å². The van der Waals surface area contributed by atoms with Gasteiger partial charge in [0.15, 0.2) is 0 Å². The van der Waals surface area contributed by atoms with Crippen LogP contribution in [0.25, 0.3) is 0 Å². The highest BCUT2D eigenvalue weighted by Gasteiger charge is 2.08. The lowest BCUT2D eigenvalue weighted by Gasteiger charge is -1.87. The van der Waals surface area contributed by atoms with Crippen molar-refractivity contribution in [3.63, 3.8) is 0 Å². The molecule has 10 heavy (non-hydrogen) atoms. The number of hydrogen-bond donors (Lipinski definition) is 1. The second-order valence-electron chi connectivity index (χ2n) is 1.63. The third-order valence-electron chi connectivity index (χ3n) is 0.872. The molecule has 0 fully saturated rings. The molecular formula is C4H4BrNO2S2. The Hall–Kier alpha value is 0.0900. The van der Waals surface area contributed by atoms with E-state index in [4.69, 9.17) is 5.14 Å². The molecule has 0 atom stereocenters. The van der Waals surface area contributed by atoms with Gasteiger partial charge in [-0.15, -0.1) is 11.3 Å². The smallest absolute Gasteiger partial charge is 0.225 e. The summed E-state index contributed by atoms with van der Waals surface area (Å²) in [6.45, 7) is 0. The zero-order valence-corrected chi connectivity index (χ0v) is 7.96. The van der Waals surface area contributed by atoms with Gasteiger partial charge >= 0.3 is 0 Å². The second-order valence-corrected chi connectivity index (χ2v) is 5.48. The zero-order valence-electron chi connectivity index (χ0n) is 4.74. The summed E-state index contributed by atoms with van der Waals surface area (Å²) in [5.41, 5.74) is 0. The van der Waals surface area contributed by atoms with Crippen LogP contribution in [0, 0.1) is 0 Å². The van der Waals surface area contributed by atoms with E-state index in [0.717, 1.165) is 3.79 Å². The summed E-state index contributed by atoms with van der Waals surface area (Å²) in [7, 11) is -3.50. The predicted octanol–water partition coefficient (Wildman–Crippen LogP) is 1.16. The van der Waals surface area contributed by atoms with Crippen molar-refractivity contribution >= 4 is 37.3 Å². The van der Waals surface area contributed by atoms with Gasteiger partial charge in [-0.25, -0.2) is 13.6 Å². The van der Waals surface area contributed by atoms with Crippen molar-refractivity contribution in [1.29, 1.82) is 0 Å². The van der Waals surface area contributed by atoms with E-state index >= 15 is 0 Å². The highest BCUT2D eigenvalue weighted by molar-refractivity contribution is 9.11. The first-order valence-electron chi connectivity index (χ1n) is 2.27. The number of primary sulfonamides is 1. The van der Waals surface area contributed by atoms with Crippen molar-refractivity contribution in [3.05, 3.63) is 15.2 Å². The second kappa shape index (κ2) is 2.61. The largest absolute Gasteiger partial charge is 0.238 e. The maximum absolute atomic E-state index is 10.6. The van der Waals surface area contributed by atoms with E-state index in [1.54, 1.807) is 0 Å². The Morgan fingerprint density at radius 1 is 1.60 bits per heavy atom. The normalized spacial score (nSPS) is 11.8. The van der Waals surface area contributed by atoms with Crippen LogP contribution < -0.4 is 5.14 Å². The first kappa shape index (κ1) is 8.19. The summed E-state index contributed by atoms with van der Waals surface area (Å²) in [5, 5.41) is 6.31. The van der Waals surface area contributed by atoms with Crippen LogP contribution in [0.1, 0.15) is 0 Å². The van der Waals surface area contributed by atoms with E-state index in [2.05, 4.69) is 15.9 Å². The fraction of sp³-hybridized carbons (Fsp3) is 0. The van der Waals surface area contributed by atoms with Gasteiger partial charge in [-0.2, -0.15) is 0 Å². The average Bonchev–Trinajstić information content (AvgIpc) is 2.11. The monoisotopic (exact) mass is 241 g/mol. The third kappa shape index (κ3) is 1.79. The first-order chi connectivity index (χ1) is 4.50. The van der Waals surface area contributed by atoms with Crippen LogP contribution in [-0.4, -0.2) is 8.42 Å². The number of nitrogens with two attached hydrogens (primary N) is 1. The maximum Gasteiger partial charge on any atom is 0.238 e. The molecule has 0 aromatic carbocycles. The van der Waals surface area contributed by atoms with E-state index in [1.807, 2.05) is 0 Å². The fourth-order valence-electron chi connectivity index (χ4n) is 0.443. The Bertz CT molecular complexity index is 329. The molecule has 6 heteroatoms. The van der Waals surface area contributed by atoms with Crippen LogP contribution >= 0.6 is 27.3 Å². The van der Waals surface area contributed by atoms with Gasteiger partial charge in [0.25, 0.3) is 0 Å². The van der Waals surface area contributed by atoms with Crippen molar-refractivity contribution in [2.75, 3.05) is 0 Å². The molecule has 0 unspecified atom stereocenters. The van der Waals surface area contributed by atoms with Crippen molar-refractivity contribution in [2.24, 2.45) is 5.14 Å². The van der Waals surface area contributed by atoms with Crippen molar-refractivity contribution in [1.82, 2.24) is 0 Å². The summed E-state index contributed by atoms with van der Waals surface area (Å²) >= 11 is 4.41. The zero-order chi connectivity index (χ0) is 7.78. The van der Waals surface area contributed by atoms with E-state index < -0.39 is 10.0 Å². The number of sulfonamides is 1. The Morgan fingerprint density at radius 3 is 2.40 bits per heavy atom. The van der Waals surface area contributed by atoms with Crippen molar-refractivity contribution in [3.8, 4) is 0 Å². The third-order valence-corrected chi connectivity index (χ3v) is 3.42. The topological polar surface area (TPSA) is 60.2 Å². The molecule has 3 nitrogen and oxygen atoms in total. The van der Waals surface area contributed by atoms with Gasteiger partial charge in [0.05, 0.1) is 8.68 Å². The molecule has 2 N–H and O–H groups in total. The Labute approximate surface area is 71.0 Å². The molecule has 0 amide bonds. The molecule has 56 valence electrons. The molecule has 0 saturated heterocycles. The Morgan fingerprint density at radius 2 is 2.20 bits per heavy atom. The molecule has 1 aromatic rings. The summed E-state index contributed by atoms with van der Waals surface area (Å²) in [6, 6.07) is 1.47. The fourth-order valence-corrected chi connectivity index (χ4v) is 2.65. The molecule has 0 saturated carbocycles. The summed E-state index contributed by atoms with van der Waals surface area (Å²) < 4.78 is 22.0. The molecule has 0 bridgehead atoms. The van der Waals surface area contributed by atoms with Crippen LogP contribution in [0.2, 0.25) is 0 Å². The lowest BCUT2D eigenvalue weighted by Crippen LogP contribution is -2.10. The van der Waals surface area contributed by atoms with Crippen LogP contribution in [0.3, 0.4) is 0 Å². The average molecular weight is 242 g/mol. The highest BCUT2D eigenvalue weighted by atomic mass is 79.9. The van der Waals surface area contributed by atoms with Gasteiger partial charge in [-0.1, -0.05) is 0 Å². The molecule has 0 aliphatic rings. The Balaban J connectivity index is 3.21. The summed E-state index contributed by atoms with van der Waals surface area (Å²) in [6.07, 6.45) is 0. The number of halogens is 1. The molecular weight excluding hydrogens is 238 g/mol. The van der Waals surface area contributed by atoms with Gasteiger partial charge in [0, 0.05) is 5.38 Å². The van der Waals surface area contributed by atoms with Gasteiger partial charge in [-0.05, 0) is 22.0 Å². The molecule has 0 radical (unpaired) electrons. The van der Waals surface area contributed by atoms with Crippen LogP contribution in [0.4, 0.5) is 0 Å². The molecule has 1 rings (SSSR count). The van der Waals surface area contributed by atoms with E-state index in [9.17, 15) is 8.42 Å². The van der Waals surface area contributed by atoms with Crippen LogP contribution in [0.15, 0.2) is 20.1 Å². The molecule has 0 aliphatic carbocycles. The molecule has 1 heterocycles. The highest BCUT2D eigenvalue weighted by Crippen LogP contribution is 2.22. The number of hydrogen-bond acceptors (Lipinski definition) is 3. The lowest BCUT2D eigenvalue weighted by molar-refractivity contribution is 0.598. The van der Waals surface area contributed by atoms with Crippen LogP contribution in [-0.2, 0) is 10.0 Å². The first-order valence-corrected chi connectivity index (χ1v) is 5.49. The van der Waals surface area contributed by atoms with E-state index in [-0.39, 0.29) is 4.90 Å². The van der Waals surface area contributed by atoms with Gasteiger partial charge in [0.1, 0.15) is 0 Å². The standard InChI is InChI=1S/C4H4BrNO2S2/c5-4-1-3(2-9-4)10(6,7)8/h1-2H,(H2,6,7,8). The maximum atomic E-state index is 10.6. The van der Waals surface area contributed by atoms with Crippen LogP contribution in [0.5, 0.6) is 0 Å². The quantitative estimate of drug-likeness (QED) is 0.803. The summed E-state index contributed by atoms with van der Waals surface area (Å²) in [4.78, 5) is 0.157. The van der Waals surface area contributed by atoms with Crippen molar-refractivity contribution in [2.45, 2.75) is 4.90 Å². The molecule has 1 aromatic heterocycles. The van der Waals surface area contributed by atoms with Gasteiger partial charge in [-0.3, -0.25) is 0 Å². The predicted molar refractivity (Wildman–Crippen MR) is 43.4 cm³/mol. The molecule has 0 spiro atoms. The lowest BCUT2D eigenvalue weighted by atomic mass is 10.7. The summed E-state index contributed by atoms with van der Waals surface area (Å²) in [5.74, 6) is 0. The number of rotatable bonds is 1. The van der Waals surface area contributed by atoms with Crippen molar-refractivity contribution < 1.29 is 8.42 Å². The minimum Gasteiger partial charge on any atom is -0.225 e. The van der Waals surface area contributed by atoms with E-state index in [0.29, 0.717) is 0 Å². The minimum atomic E-state index is -3.50. The molecule has 0 aliphatic heterocycles. The van der Waals surface area contributed by atoms with Gasteiger partial charge < -0.3 is 0 Å². The Kier molecular flexibility index (Phi) is 2.14. The van der Waals surface area contributed by atoms with E-state index in [1.165, 1.54) is 22.8 Å². The minimum absolute atomic E-state index is 0.157.